The molecule has 0 saturated heterocycles. The lowest BCUT2D eigenvalue weighted by Gasteiger charge is -2.06. The zero-order valence-electron chi connectivity index (χ0n) is 8.77. The number of ether oxygens (including phenoxy) is 1. The Labute approximate surface area is 88.4 Å². The smallest absolute Gasteiger partial charge is 0.267 e. The molecule has 0 fully saturated rings. The predicted octanol–water partition coefficient (Wildman–Crippen LogP) is 0.0275. The van der Waals surface area contributed by atoms with Gasteiger partial charge in [0.15, 0.2) is 0 Å². The highest BCUT2D eigenvalue weighted by atomic mass is 16.5. The molecule has 1 heterocycles. The van der Waals surface area contributed by atoms with Crippen molar-refractivity contribution in [1.82, 2.24) is 15.1 Å². The van der Waals surface area contributed by atoms with Crippen molar-refractivity contribution in [1.29, 1.82) is 0 Å². The average molecular weight is 209 g/mol. The summed E-state index contributed by atoms with van der Waals surface area (Å²) < 4.78 is 6.30. The number of hydrogen-bond donors (Lipinski definition) is 1. The Kier molecular flexibility index (Phi) is 4.56. The number of methoxy groups -OCH3 is 1. The minimum absolute atomic E-state index is 0.129. The van der Waals surface area contributed by atoms with E-state index < -0.39 is 0 Å². The van der Waals surface area contributed by atoms with Gasteiger partial charge in [0.25, 0.3) is 5.56 Å². The molecule has 5 heteroatoms. The molecule has 0 aromatic carbocycles. The third kappa shape index (κ3) is 3.55. The van der Waals surface area contributed by atoms with Gasteiger partial charge >= 0.3 is 0 Å². The summed E-state index contributed by atoms with van der Waals surface area (Å²) in [6.07, 6.45) is 1.77. The molecule has 0 unspecified atom stereocenters. The molecular formula is C10H15N3O2. The van der Waals surface area contributed by atoms with Crippen molar-refractivity contribution in [2.24, 2.45) is 0 Å². The largest absolute Gasteiger partial charge is 0.480 e. The molecule has 1 aromatic rings. The van der Waals surface area contributed by atoms with Crippen molar-refractivity contribution in [2.75, 3.05) is 20.2 Å². The second kappa shape index (κ2) is 5.98. The van der Waals surface area contributed by atoms with Crippen LogP contribution in [0.25, 0.3) is 0 Å². The lowest BCUT2D eigenvalue weighted by molar-refractivity contribution is 0.374. The summed E-state index contributed by atoms with van der Waals surface area (Å²) in [6.45, 7) is 5.49. The van der Waals surface area contributed by atoms with E-state index >= 15 is 0 Å². The van der Waals surface area contributed by atoms with E-state index in [1.165, 1.54) is 17.9 Å². The Morgan fingerprint density at radius 3 is 3.13 bits per heavy atom. The van der Waals surface area contributed by atoms with E-state index in [2.05, 4.69) is 17.0 Å². The molecule has 0 bridgehead atoms. The summed E-state index contributed by atoms with van der Waals surface area (Å²) in [5.41, 5.74) is -0.129. The molecule has 15 heavy (non-hydrogen) atoms. The SMILES string of the molecule is C=CCNCCn1nc(OC)ccc1=O. The van der Waals surface area contributed by atoms with Gasteiger partial charge in [-0.3, -0.25) is 4.79 Å². The van der Waals surface area contributed by atoms with Crippen molar-refractivity contribution in [3.8, 4) is 5.88 Å². The van der Waals surface area contributed by atoms with E-state index in [4.69, 9.17) is 4.74 Å². The molecule has 0 atom stereocenters. The lowest BCUT2D eigenvalue weighted by atomic mass is 10.5. The first-order valence-electron chi connectivity index (χ1n) is 4.71. The Morgan fingerprint density at radius 2 is 2.47 bits per heavy atom. The first-order valence-corrected chi connectivity index (χ1v) is 4.71. The van der Waals surface area contributed by atoms with E-state index in [0.717, 1.165) is 6.54 Å². The minimum Gasteiger partial charge on any atom is -0.480 e. The maximum atomic E-state index is 11.3. The Hall–Kier alpha value is -1.62. The third-order valence-electron chi connectivity index (χ3n) is 1.84. The Morgan fingerprint density at radius 1 is 1.67 bits per heavy atom. The molecule has 1 aromatic heterocycles. The number of nitrogens with zero attached hydrogens (tertiary/aromatic N) is 2. The van der Waals surface area contributed by atoms with Crippen LogP contribution in [0.4, 0.5) is 0 Å². The van der Waals surface area contributed by atoms with Crippen LogP contribution in [-0.4, -0.2) is 30.0 Å². The van der Waals surface area contributed by atoms with Gasteiger partial charge in [-0.1, -0.05) is 6.08 Å². The van der Waals surface area contributed by atoms with Crippen LogP contribution >= 0.6 is 0 Å². The topological polar surface area (TPSA) is 56.1 Å². The number of aromatic nitrogens is 2. The van der Waals surface area contributed by atoms with Gasteiger partial charge in [0.05, 0.1) is 13.7 Å². The summed E-state index contributed by atoms with van der Waals surface area (Å²) >= 11 is 0. The maximum absolute atomic E-state index is 11.3. The second-order valence-electron chi connectivity index (χ2n) is 2.93. The number of rotatable bonds is 6. The fraction of sp³-hybridized carbons (Fsp3) is 0.400. The molecule has 0 saturated carbocycles. The molecule has 0 spiro atoms. The first kappa shape index (κ1) is 11.5. The molecular weight excluding hydrogens is 194 g/mol. The van der Waals surface area contributed by atoms with Crippen LogP contribution in [0.1, 0.15) is 0 Å². The minimum atomic E-state index is -0.129. The van der Waals surface area contributed by atoms with Crippen LogP contribution in [0.2, 0.25) is 0 Å². The molecule has 82 valence electrons. The van der Waals surface area contributed by atoms with Gasteiger partial charge in [0.2, 0.25) is 5.88 Å². The number of nitrogens with one attached hydrogen (secondary N) is 1. The monoisotopic (exact) mass is 209 g/mol. The quantitative estimate of drug-likeness (QED) is 0.530. The Balaban J connectivity index is 2.59. The summed E-state index contributed by atoms with van der Waals surface area (Å²) in [7, 11) is 1.52. The second-order valence-corrected chi connectivity index (χ2v) is 2.93. The van der Waals surface area contributed by atoms with Crippen molar-refractivity contribution < 1.29 is 4.74 Å². The number of hydrogen-bond acceptors (Lipinski definition) is 4. The Bertz CT molecular complexity index is 373. The van der Waals surface area contributed by atoms with Gasteiger partial charge in [-0.15, -0.1) is 11.7 Å². The highest BCUT2D eigenvalue weighted by Gasteiger charge is 1.99. The molecule has 0 aliphatic heterocycles. The molecule has 0 aliphatic carbocycles. The van der Waals surface area contributed by atoms with Crippen LogP contribution in [0.3, 0.4) is 0 Å². The summed E-state index contributed by atoms with van der Waals surface area (Å²) in [4.78, 5) is 11.3. The van der Waals surface area contributed by atoms with Crippen LogP contribution < -0.4 is 15.6 Å². The molecule has 0 amide bonds. The van der Waals surface area contributed by atoms with Crippen molar-refractivity contribution >= 4 is 0 Å². The van der Waals surface area contributed by atoms with Crippen LogP contribution in [0.15, 0.2) is 29.6 Å². The third-order valence-corrected chi connectivity index (χ3v) is 1.84. The molecule has 1 rings (SSSR count). The van der Waals surface area contributed by atoms with E-state index in [1.807, 2.05) is 0 Å². The van der Waals surface area contributed by atoms with Crippen molar-refractivity contribution in [2.45, 2.75) is 6.54 Å². The highest BCUT2D eigenvalue weighted by Crippen LogP contribution is 1.98. The van der Waals surface area contributed by atoms with Gasteiger partial charge in [-0.25, -0.2) is 4.68 Å². The van der Waals surface area contributed by atoms with E-state index in [1.54, 1.807) is 12.1 Å². The van der Waals surface area contributed by atoms with Gasteiger partial charge in [0.1, 0.15) is 0 Å². The molecule has 0 aliphatic rings. The van der Waals surface area contributed by atoms with Gasteiger partial charge in [0, 0.05) is 25.2 Å². The predicted molar refractivity (Wildman–Crippen MR) is 58.1 cm³/mol. The lowest BCUT2D eigenvalue weighted by Crippen LogP contribution is -2.28. The van der Waals surface area contributed by atoms with Crippen LogP contribution in [0.5, 0.6) is 5.88 Å². The summed E-state index contributed by atoms with van der Waals surface area (Å²) in [5.74, 6) is 0.443. The normalized spacial score (nSPS) is 9.93. The van der Waals surface area contributed by atoms with Crippen LogP contribution in [0, 0.1) is 0 Å². The fourth-order valence-electron chi connectivity index (χ4n) is 1.09. The van der Waals surface area contributed by atoms with Crippen molar-refractivity contribution in [3.05, 3.63) is 35.1 Å². The van der Waals surface area contributed by atoms with Gasteiger partial charge in [-0.2, -0.15) is 0 Å². The summed E-state index contributed by atoms with van der Waals surface area (Å²) in [5, 5.41) is 7.09. The van der Waals surface area contributed by atoms with Crippen LogP contribution in [-0.2, 0) is 6.54 Å². The molecule has 1 N–H and O–H groups in total. The summed E-state index contributed by atoms with van der Waals surface area (Å²) in [6, 6.07) is 3.00. The van der Waals surface area contributed by atoms with Crippen molar-refractivity contribution in [3.63, 3.8) is 0 Å². The van der Waals surface area contributed by atoms with Gasteiger partial charge < -0.3 is 10.1 Å². The van der Waals surface area contributed by atoms with Gasteiger partial charge in [-0.05, 0) is 0 Å². The van der Waals surface area contributed by atoms with E-state index in [9.17, 15) is 4.79 Å². The maximum Gasteiger partial charge on any atom is 0.267 e. The zero-order chi connectivity index (χ0) is 11.1. The van der Waals surface area contributed by atoms with E-state index in [-0.39, 0.29) is 5.56 Å². The standard InChI is InChI=1S/C10H15N3O2/c1-3-6-11-7-8-13-10(14)5-4-9(12-13)15-2/h3-5,11H,1,6-8H2,2H3. The highest BCUT2D eigenvalue weighted by molar-refractivity contribution is 5.05. The zero-order valence-corrected chi connectivity index (χ0v) is 8.77. The fourth-order valence-corrected chi connectivity index (χ4v) is 1.09. The van der Waals surface area contributed by atoms with E-state index in [0.29, 0.717) is 19.0 Å². The molecule has 0 radical (unpaired) electrons. The molecule has 5 nitrogen and oxygen atoms in total. The average Bonchev–Trinajstić information content (AvgIpc) is 2.26. The first-order chi connectivity index (χ1) is 7.27.